The number of aryl methyl sites for hydroxylation is 2. The summed E-state index contributed by atoms with van der Waals surface area (Å²) >= 11 is 0. The molecular formula is C13H14F2N2O. The van der Waals surface area contributed by atoms with Crippen molar-refractivity contribution in [2.75, 3.05) is 0 Å². The molecule has 1 unspecified atom stereocenters. The normalized spacial score (nSPS) is 12.7. The summed E-state index contributed by atoms with van der Waals surface area (Å²) in [4.78, 5) is 0. The molecule has 0 fully saturated rings. The van der Waals surface area contributed by atoms with Gasteiger partial charge in [0.25, 0.3) is 0 Å². The molecule has 18 heavy (non-hydrogen) atoms. The van der Waals surface area contributed by atoms with Crippen LogP contribution in [0.4, 0.5) is 8.78 Å². The molecule has 0 amide bonds. The van der Waals surface area contributed by atoms with Gasteiger partial charge in [-0.15, -0.1) is 0 Å². The number of benzene rings is 1. The van der Waals surface area contributed by atoms with Crippen LogP contribution in [0.3, 0.4) is 0 Å². The van der Waals surface area contributed by atoms with Gasteiger partial charge in [-0.05, 0) is 24.6 Å². The van der Waals surface area contributed by atoms with E-state index >= 15 is 0 Å². The predicted molar refractivity (Wildman–Crippen MR) is 63.0 cm³/mol. The van der Waals surface area contributed by atoms with E-state index in [4.69, 9.17) is 0 Å². The fraction of sp³-hybridized carbons (Fsp3) is 0.308. The quantitative estimate of drug-likeness (QED) is 0.910. The average Bonchev–Trinajstić information content (AvgIpc) is 2.56. The predicted octanol–water partition coefficient (Wildman–Crippen LogP) is 2.28. The highest BCUT2D eigenvalue weighted by molar-refractivity contribution is 5.24. The first-order valence-corrected chi connectivity index (χ1v) is 5.59. The van der Waals surface area contributed by atoms with Crippen LogP contribution in [0, 0.1) is 18.6 Å². The van der Waals surface area contributed by atoms with Crippen LogP contribution >= 0.6 is 0 Å². The monoisotopic (exact) mass is 252 g/mol. The molecule has 0 aliphatic heterocycles. The van der Waals surface area contributed by atoms with E-state index in [1.807, 2.05) is 0 Å². The molecule has 0 radical (unpaired) electrons. The van der Waals surface area contributed by atoms with Gasteiger partial charge >= 0.3 is 0 Å². The van der Waals surface area contributed by atoms with Crippen LogP contribution in [-0.2, 0) is 13.5 Å². The Balaban J connectivity index is 2.20. The third-order valence-corrected chi connectivity index (χ3v) is 2.76. The minimum Gasteiger partial charge on any atom is -0.388 e. The number of hydrogen-bond acceptors (Lipinski definition) is 2. The van der Waals surface area contributed by atoms with Crippen molar-refractivity contribution >= 4 is 0 Å². The Morgan fingerprint density at radius 1 is 1.28 bits per heavy atom. The highest BCUT2D eigenvalue weighted by Gasteiger charge is 2.15. The number of aliphatic hydroxyl groups is 1. The van der Waals surface area contributed by atoms with E-state index in [0.717, 1.165) is 6.07 Å². The van der Waals surface area contributed by atoms with Gasteiger partial charge in [0.1, 0.15) is 11.6 Å². The Labute approximate surface area is 104 Å². The molecule has 5 heteroatoms. The Hall–Kier alpha value is -1.75. The second kappa shape index (κ2) is 4.86. The molecule has 2 rings (SSSR count). The van der Waals surface area contributed by atoms with Gasteiger partial charge in [-0.25, -0.2) is 8.78 Å². The lowest BCUT2D eigenvalue weighted by Crippen LogP contribution is -2.03. The van der Waals surface area contributed by atoms with E-state index < -0.39 is 17.7 Å². The van der Waals surface area contributed by atoms with E-state index in [2.05, 4.69) is 5.10 Å². The Kier molecular flexibility index (Phi) is 3.43. The molecule has 0 spiro atoms. The van der Waals surface area contributed by atoms with Crippen LogP contribution in [0.5, 0.6) is 0 Å². The maximum Gasteiger partial charge on any atom is 0.126 e. The van der Waals surface area contributed by atoms with E-state index in [9.17, 15) is 13.9 Å². The summed E-state index contributed by atoms with van der Waals surface area (Å²) in [6.07, 6.45) is 1.04. The van der Waals surface area contributed by atoms with Crippen LogP contribution in [0.1, 0.15) is 22.9 Å². The lowest BCUT2D eigenvalue weighted by Gasteiger charge is -2.10. The van der Waals surface area contributed by atoms with E-state index in [-0.39, 0.29) is 6.42 Å². The molecular weight excluding hydrogens is 238 g/mol. The maximum absolute atomic E-state index is 13.0. The zero-order valence-corrected chi connectivity index (χ0v) is 10.2. The highest BCUT2D eigenvalue weighted by Crippen LogP contribution is 2.21. The summed E-state index contributed by atoms with van der Waals surface area (Å²) < 4.78 is 27.6. The lowest BCUT2D eigenvalue weighted by molar-refractivity contribution is 0.177. The standard InChI is InChI=1S/C13H14F2N2O/c1-8-12(7-17(2)16-8)13(18)5-9-3-10(14)6-11(15)4-9/h3-4,6-7,13,18H,5H2,1-2H3. The highest BCUT2D eigenvalue weighted by atomic mass is 19.1. The van der Waals surface area contributed by atoms with Gasteiger partial charge in [0.15, 0.2) is 0 Å². The molecule has 1 heterocycles. The van der Waals surface area contributed by atoms with Gasteiger partial charge in [-0.3, -0.25) is 4.68 Å². The number of nitrogens with zero attached hydrogens (tertiary/aromatic N) is 2. The summed E-state index contributed by atoms with van der Waals surface area (Å²) in [7, 11) is 1.76. The van der Waals surface area contributed by atoms with Crippen molar-refractivity contribution in [2.24, 2.45) is 7.05 Å². The minimum atomic E-state index is -0.820. The second-order valence-corrected chi connectivity index (χ2v) is 4.34. The van der Waals surface area contributed by atoms with E-state index in [0.29, 0.717) is 16.8 Å². The fourth-order valence-corrected chi connectivity index (χ4v) is 2.01. The largest absolute Gasteiger partial charge is 0.388 e. The second-order valence-electron chi connectivity index (χ2n) is 4.34. The number of halogens is 2. The molecule has 0 saturated heterocycles. The SMILES string of the molecule is Cc1nn(C)cc1C(O)Cc1cc(F)cc(F)c1. The number of aliphatic hydroxyl groups excluding tert-OH is 1. The van der Waals surface area contributed by atoms with Gasteiger partial charge in [0.05, 0.1) is 11.8 Å². The van der Waals surface area contributed by atoms with Crippen molar-refractivity contribution < 1.29 is 13.9 Å². The number of hydrogen-bond donors (Lipinski definition) is 1. The van der Waals surface area contributed by atoms with Crippen molar-refractivity contribution in [3.8, 4) is 0 Å². The van der Waals surface area contributed by atoms with Crippen molar-refractivity contribution in [1.29, 1.82) is 0 Å². The molecule has 1 aromatic heterocycles. The Morgan fingerprint density at radius 3 is 2.39 bits per heavy atom. The molecule has 1 N–H and O–H groups in total. The Morgan fingerprint density at radius 2 is 1.89 bits per heavy atom. The summed E-state index contributed by atoms with van der Waals surface area (Å²) in [5.74, 6) is -1.28. The van der Waals surface area contributed by atoms with E-state index in [1.54, 1.807) is 24.9 Å². The number of aromatic nitrogens is 2. The van der Waals surface area contributed by atoms with Crippen molar-refractivity contribution in [2.45, 2.75) is 19.4 Å². The molecule has 1 aromatic carbocycles. The molecule has 0 aliphatic carbocycles. The topological polar surface area (TPSA) is 38.0 Å². The van der Waals surface area contributed by atoms with Gasteiger partial charge < -0.3 is 5.11 Å². The van der Waals surface area contributed by atoms with Gasteiger partial charge in [0, 0.05) is 31.3 Å². The first-order chi connectivity index (χ1) is 8.45. The molecule has 0 saturated carbocycles. The van der Waals surface area contributed by atoms with Crippen LogP contribution in [-0.4, -0.2) is 14.9 Å². The summed E-state index contributed by atoms with van der Waals surface area (Å²) in [6, 6.07) is 3.25. The fourth-order valence-electron chi connectivity index (χ4n) is 2.01. The summed E-state index contributed by atoms with van der Waals surface area (Å²) in [6.45, 7) is 1.78. The summed E-state index contributed by atoms with van der Waals surface area (Å²) in [5, 5.41) is 14.2. The molecule has 0 bridgehead atoms. The van der Waals surface area contributed by atoms with Crippen LogP contribution in [0.25, 0.3) is 0 Å². The average molecular weight is 252 g/mol. The van der Waals surface area contributed by atoms with Crippen molar-refractivity contribution in [3.63, 3.8) is 0 Å². The smallest absolute Gasteiger partial charge is 0.126 e. The first-order valence-electron chi connectivity index (χ1n) is 5.59. The van der Waals surface area contributed by atoms with Crippen LogP contribution in [0.15, 0.2) is 24.4 Å². The van der Waals surface area contributed by atoms with Gasteiger partial charge in [-0.2, -0.15) is 5.10 Å². The summed E-state index contributed by atoms with van der Waals surface area (Å²) in [5.41, 5.74) is 1.80. The number of rotatable bonds is 3. The Bertz CT molecular complexity index is 546. The van der Waals surface area contributed by atoms with Gasteiger partial charge in [-0.1, -0.05) is 0 Å². The molecule has 2 aromatic rings. The molecule has 96 valence electrons. The van der Waals surface area contributed by atoms with Crippen LogP contribution in [0.2, 0.25) is 0 Å². The van der Waals surface area contributed by atoms with Crippen molar-refractivity contribution in [3.05, 3.63) is 52.9 Å². The molecule has 1 atom stereocenters. The third kappa shape index (κ3) is 2.73. The zero-order chi connectivity index (χ0) is 13.3. The lowest BCUT2D eigenvalue weighted by atomic mass is 10.0. The third-order valence-electron chi connectivity index (χ3n) is 2.76. The van der Waals surface area contributed by atoms with Gasteiger partial charge in [0.2, 0.25) is 0 Å². The molecule has 0 aliphatic rings. The molecule has 3 nitrogen and oxygen atoms in total. The minimum absolute atomic E-state index is 0.154. The van der Waals surface area contributed by atoms with Crippen molar-refractivity contribution in [1.82, 2.24) is 9.78 Å². The maximum atomic E-state index is 13.0. The first kappa shape index (κ1) is 12.7. The van der Waals surface area contributed by atoms with E-state index in [1.165, 1.54) is 12.1 Å². The van der Waals surface area contributed by atoms with Crippen LogP contribution < -0.4 is 0 Å². The zero-order valence-electron chi connectivity index (χ0n) is 10.2.